The Bertz CT molecular complexity index is 784. The molecule has 2 heterocycles. The molecule has 0 bridgehead atoms. The zero-order valence-corrected chi connectivity index (χ0v) is 13.8. The van der Waals surface area contributed by atoms with Crippen molar-refractivity contribution in [1.29, 1.82) is 0 Å². The first-order valence-electron chi connectivity index (χ1n) is 6.79. The van der Waals surface area contributed by atoms with Gasteiger partial charge in [0.1, 0.15) is 0 Å². The van der Waals surface area contributed by atoms with E-state index in [9.17, 15) is 8.42 Å². The third kappa shape index (κ3) is 3.08. The third-order valence-corrected chi connectivity index (χ3v) is 5.75. The maximum atomic E-state index is 12.3. The number of nitrogens with one attached hydrogen (secondary N) is 1. The SMILES string of the molecule is CC(C)c1nc(CNS(=O)(=O)c2ccc3c(c2)OCO3)cs1. The predicted octanol–water partition coefficient (Wildman–Crippen LogP) is 2.47. The van der Waals surface area contributed by atoms with Gasteiger partial charge in [-0.1, -0.05) is 13.8 Å². The number of nitrogens with zero attached hydrogens (tertiary/aromatic N) is 1. The first kappa shape index (κ1) is 15.3. The maximum absolute atomic E-state index is 12.3. The zero-order chi connectivity index (χ0) is 15.7. The number of hydrogen-bond donors (Lipinski definition) is 1. The topological polar surface area (TPSA) is 77.5 Å². The average molecular weight is 340 g/mol. The largest absolute Gasteiger partial charge is 0.454 e. The monoisotopic (exact) mass is 340 g/mol. The molecule has 1 aromatic heterocycles. The summed E-state index contributed by atoms with van der Waals surface area (Å²) < 4.78 is 37.6. The molecule has 1 aliphatic rings. The van der Waals surface area contributed by atoms with Gasteiger partial charge in [-0.2, -0.15) is 0 Å². The van der Waals surface area contributed by atoms with Crippen LogP contribution in [-0.2, 0) is 16.6 Å². The Balaban J connectivity index is 1.73. The van der Waals surface area contributed by atoms with Gasteiger partial charge in [-0.15, -0.1) is 11.3 Å². The van der Waals surface area contributed by atoms with E-state index in [4.69, 9.17) is 9.47 Å². The van der Waals surface area contributed by atoms with Crippen LogP contribution < -0.4 is 14.2 Å². The summed E-state index contributed by atoms with van der Waals surface area (Å²) in [6.07, 6.45) is 0. The molecule has 8 heteroatoms. The normalized spacial score (nSPS) is 13.8. The fraction of sp³-hybridized carbons (Fsp3) is 0.357. The lowest BCUT2D eigenvalue weighted by atomic mass is 10.2. The van der Waals surface area contributed by atoms with E-state index >= 15 is 0 Å². The van der Waals surface area contributed by atoms with Crippen molar-refractivity contribution in [2.75, 3.05) is 6.79 Å². The van der Waals surface area contributed by atoms with Crippen molar-refractivity contribution < 1.29 is 17.9 Å². The molecule has 22 heavy (non-hydrogen) atoms. The van der Waals surface area contributed by atoms with Gasteiger partial charge in [0, 0.05) is 17.4 Å². The number of ether oxygens (including phenoxy) is 2. The second kappa shape index (κ2) is 5.86. The number of sulfonamides is 1. The number of benzene rings is 1. The van der Waals surface area contributed by atoms with Gasteiger partial charge in [0.25, 0.3) is 0 Å². The molecule has 2 aromatic rings. The van der Waals surface area contributed by atoms with E-state index in [2.05, 4.69) is 23.6 Å². The highest BCUT2D eigenvalue weighted by molar-refractivity contribution is 7.89. The van der Waals surface area contributed by atoms with Crippen LogP contribution in [0.3, 0.4) is 0 Å². The zero-order valence-electron chi connectivity index (χ0n) is 12.2. The van der Waals surface area contributed by atoms with Crippen molar-refractivity contribution in [3.8, 4) is 11.5 Å². The molecule has 0 unspecified atom stereocenters. The fourth-order valence-electron chi connectivity index (χ4n) is 1.97. The number of aromatic nitrogens is 1. The Morgan fingerprint density at radius 3 is 2.82 bits per heavy atom. The van der Waals surface area contributed by atoms with Crippen molar-refractivity contribution >= 4 is 21.4 Å². The number of fused-ring (bicyclic) bond motifs is 1. The maximum Gasteiger partial charge on any atom is 0.241 e. The van der Waals surface area contributed by atoms with Crippen molar-refractivity contribution in [3.63, 3.8) is 0 Å². The molecule has 1 aliphatic heterocycles. The number of rotatable bonds is 5. The van der Waals surface area contributed by atoms with E-state index in [0.717, 1.165) is 10.7 Å². The minimum atomic E-state index is -3.61. The van der Waals surface area contributed by atoms with Gasteiger partial charge in [0.05, 0.1) is 22.1 Å². The van der Waals surface area contributed by atoms with Crippen LogP contribution in [0.2, 0.25) is 0 Å². The molecule has 0 fully saturated rings. The molecule has 6 nitrogen and oxygen atoms in total. The molecule has 0 radical (unpaired) electrons. The Morgan fingerprint density at radius 2 is 2.09 bits per heavy atom. The molecule has 0 saturated carbocycles. The second-order valence-corrected chi connectivity index (χ2v) is 7.83. The van der Waals surface area contributed by atoms with Crippen LogP contribution >= 0.6 is 11.3 Å². The van der Waals surface area contributed by atoms with E-state index in [0.29, 0.717) is 17.4 Å². The highest BCUT2D eigenvalue weighted by atomic mass is 32.2. The summed E-state index contributed by atoms with van der Waals surface area (Å²) in [5.74, 6) is 1.34. The van der Waals surface area contributed by atoms with Crippen LogP contribution in [0.5, 0.6) is 11.5 Å². The molecule has 3 rings (SSSR count). The minimum Gasteiger partial charge on any atom is -0.454 e. The lowest BCUT2D eigenvalue weighted by Gasteiger charge is -2.06. The number of thiazole rings is 1. The standard InChI is InChI=1S/C14H16N2O4S2/c1-9(2)14-16-10(7-21-14)6-15-22(17,18)11-3-4-12-13(5-11)20-8-19-12/h3-5,7,9,15H,6,8H2,1-2H3. The molecule has 0 amide bonds. The molecule has 118 valence electrons. The van der Waals surface area contributed by atoms with Crippen molar-refractivity contribution in [2.45, 2.75) is 31.2 Å². The highest BCUT2D eigenvalue weighted by Crippen LogP contribution is 2.33. The second-order valence-electron chi connectivity index (χ2n) is 5.17. The fourth-order valence-corrected chi connectivity index (χ4v) is 3.81. The summed E-state index contributed by atoms with van der Waals surface area (Å²) in [5, 5.41) is 2.87. The molecule has 0 atom stereocenters. The van der Waals surface area contributed by atoms with Crippen LogP contribution in [-0.4, -0.2) is 20.2 Å². The highest BCUT2D eigenvalue weighted by Gasteiger charge is 2.20. The lowest BCUT2D eigenvalue weighted by molar-refractivity contribution is 0.174. The average Bonchev–Trinajstić information content (AvgIpc) is 3.13. The van der Waals surface area contributed by atoms with Gasteiger partial charge < -0.3 is 9.47 Å². The molecule has 0 saturated heterocycles. The van der Waals surface area contributed by atoms with Crippen LogP contribution in [0.25, 0.3) is 0 Å². The Kier molecular flexibility index (Phi) is 4.07. The van der Waals surface area contributed by atoms with E-state index < -0.39 is 10.0 Å². The molecule has 0 spiro atoms. The quantitative estimate of drug-likeness (QED) is 0.905. The minimum absolute atomic E-state index is 0.114. The predicted molar refractivity (Wildman–Crippen MR) is 82.8 cm³/mol. The lowest BCUT2D eigenvalue weighted by Crippen LogP contribution is -2.23. The Labute approximate surface area is 133 Å². The van der Waals surface area contributed by atoms with Crippen LogP contribution in [0.1, 0.15) is 30.5 Å². The first-order chi connectivity index (χ1) is 10.5. The number of hydrogen-bond acceptors (Lipinski definition) is 6. The van der Waals surface area contributed by atoms with Crippen molar-refractivity contribution in [3.05, 3.63) is 34.3 Å². The Morgan fingerprint density at radius 1 is 1.32 bits per heavy atom. The van der Waals surface area contributed by atoms with Gasteiger partial charge in [-0.3, -0.25) is 0 Å². The van der Waals surface area contributed by atoms with Crippen LogP contribution in [0.4, 0.5) is 0 Å². The molecule has 1 aromatic carbocycles. The summed E-state index contributed by atoms with van der Waals surface area (Å²) in [4.78, 5) is 4.56. The van der Waals surface area contributed by atoms with Gasteiger partial charge in [-0.05, 0) is 12.1 Å². The molecule has 0 aliphatic carbocycles. The van der Waals surface area contributed by atoms with Crippen molar-refractivity contribution in [2.24, 2.45) is 0 Å². The van der Waals surface area contributed by atoms with Gasteiger partial charge in [0.15, 0.2) is 11.5 Å². The van der Waals surface area contributed by atoms with Crippen LogP contribution in [0.15, 0.2) is 28.5 Å². The van der Waals surface area contributed by atoms with Gasteiger partial charge >= 0.3 is 0 Å². The molecule has 1 N–H and O–H groups in total. The van der Waals surface area contributed by atoms with E-state index in [-0.39, 0.29) is 18.2 Å². The van der Waals surface area contributed by atoms with E-state index in [1.54, 1.807) is 6.07 Å². The van der Waals surface area contributed by atoms with Crippen LogP contribution in [0, 0.1) is 0 Å². The third-order valence-electron chi connectivity index (χ3n) is 3.16. The summed E-state index contributed by atoms with van der Waals surface area (Å²) in [7, 11) is -3.61. The summed E-state index contributed by atoms with van der Waals surface area (Å²) in [5.41, 5.74) is 0.720. The smallest absolute Gasteiger partial charge is 0.241 e. The summed E-state index contributed by atoms with van der Waals surface area (Å²) in [6, 6.07) is 4.55. The Hall–Kier alpha value is -1.64. The molecular weight excluding hydrogens is 324 g/mol. The first-order valence-corrected chi connectivity index (χ1v) is 9.15. The summed E-state index contributed by atoms with van der Waals surface area (Å²) >= 11 is 1.54. The summed E-state index contributed by atoms with van der Waals surface area (Å²) in [6.45, 7) is 4.39. The van der Waals surface area contributed by atoms with E-state index in [1.807, 2.05) is 5.38 Å². The molecular formula is C14H16N2O4S2. The van der Waals surface area contributed by atoms with E-state index in [1.165, 1.54) is 23.5 Å². The van der Waals surface area contributed by atoms with Gasteiger partial charge in [0.2, 0.25) is 16.8 Å². The van der Waals surface area contributed by atoms with Gasteiger partial charge in [-0.25, -0.2) is 18.1 Å². The van der Waals surface area contributed by atoms with Crippen molar-refractivity contribution in [1.82, 2.24) is 9.71 Å².